The zero-order valence-electron chi connectivity index (χ0n) is 6.72. The van der Waals surface area contributed by atoms with Crippen molar-refractivity contribution in [1.82, 2.24) is 0 Å². The molecule has 0 unspecified atom stereocenters. The van der Waals surface area contributed by atoms with Gasteiger partial charge in [0.15, 0.2) is 0 Å². The molecule has 0 aromatic heterocycles. The first-order chi connectivity index (χ1) is 5.84. The molecule has 0 spiro atoms. The van der Waals surface area contributed by atoms with Gasteiger partial charge >= 0.3 is 0 Å². The summed E-state index contributed by atoms with van der Waals surface area (Å²) in [6.45, 7) is 0. The van der Waals surface area contributed by atoms with Crippen molar-refractivity contribution < 1.29 is 9.13 Å². The maximum atomic E-state index is 12.6. The highest BCUT2D eigenvalue weighted by molar-refractivity contribution is 5.21. The predicted octanol–water partition coefficient (Wildman–Crippen LogP) is 2.56. The van der Waals surface area contributed by atoms with Gasteiger partial charge in [0, 0.05) is 12.1 Å². The van der Waals surface area contributed by atoms with Crippen LogP contribution >= 0.6 is 0 Å². The maximum absolute atomic E-state index is 12.6. The van der Waals surface area contributed by atoms with Crippen LogP contribution in [0.4, 0.5) is 4.39 Å². The number of rotatable bonds is 2. The van der Waals surface area contributed by atoms with E-state index in [2.05, 4.69) is 6.07 Å². The molecule has 1 nitrogen and oxygen atoms in total. The Kier molecular flexibility index (Phi) is 1.98. The lowest BCUT2D eigenvalue weighted by Gasteiger charge is -2.26. The lowest BCUT2D eigenvalue weighted by molar-refractivity contribution is 0.119. The van der Waals surface area contributed by atoms with Gasteiger partial charge in [-0.05, 0) is 31.4 Å². The van der Waals surface area contributed by atoms with Gasteiger partial charge in [0.2, 0.25) is 0 Å². The first kappa shape index (κ1) is 7.59. The van der Waals surface area contributed by atoms with Crippen LogP contribution in [0.5, 0.6) is 5.75 Å². The molecule has 2 rings (SSSR count). The smallest absolute Gasteiger partial charge is 0.130 e. The molecular formula is C10H10FO. The summed E-state index contributed by atoms with van der Waals surface area (Å²) in [6, 6.07) is 7.13. The zero-order valence-corrected chi connectivity index (χ0v) is 6.72. The first-order valence-corrected chi connectivity index (χ1v) is 4.18. The van der Waals surface area contributed by atoms with Crippen molar-refractivity contribution >= 4 is 0 Å². The van der Waals surface area contributed by atoms with Crippen molar-refractivity contribution in [2.75, 3.05) is 0 Å². The molecular weight excluding hydrogens is 155 g/mol. The van der Waals surface area contributed by atoms with Crippen LogP contribution in [-0.2, 0) is 0 Å². The summed E-state index contributed by atoms with van der Waals surface area (Å²) >= 11 is 0. The minimum absolute atomic E-state index is 0.261. The Morgan fingerprint density at radius 2 is 2.33 bits per heavy atom. The fourth-order valence-corrected chi connectivity index (χ4v) is 1.15. The van der Waals surface area contributed by atoms with E-state index in [1.807, 2.05) is 0 Å². The molecule has 1 radical (unpaired) electrons. The normalized spacial score (nSPS) is 17.1. The lowest BCUT2D eigenvalue weighted by Crippen LogP contribution is -2.24. The first-order valence-electron chi connectivity index (χ1n) is 4.18. The molecule has 1 fully saturated rings. The van der Waals surface area contributed by atoms with Crippen LogP contribution in [0.25, 0.3) is 0 Å². The molecule has 0 N–H and O–H groups in total. The summed E-state index contributed by atoms with van der Waals surface area (Å²) in [6.07, 6.45) is 3.69. The second-order valence-electron chi connectivity index (χ2n) is 3.04. The van der Waals surface area contributed by atoms with E-state index >= 15 is 0 Å². The predicted molar refractivity (Wildman–Crippen MR) is 43.5 cm³/mol. The van der Waals surface area contributed by atoms with Crippen molar-refractivity contribution in [2.24, 2.45) is 0 Å². The second kappa shape index (κ2) is 3.13. The van der Waals surface area contributed by atoms with Gasteiger partial charge in [-0.1, -0.05) is 0 Å². The molecule has 1 aromatic carbocycles. The van der Waals surface area contributed by atoms with Crippen molar-refractivity contribution in [2.45, 2.75) is 25.4 Å². The maximum Gasteiger partial charge on any atom is 0.130 e. The molecule has 1 saturated carbocycles. The third-order valence-corrected chi connectivity index (χ3v) is 2.08. The Morgan fingerprint density at radius 1 is 1.50 bits per heavy atom. The fourth-order valence-electron chi connectivity index (χ4n) is 1.15. The van der Waals surface area contributed by atoms with Gasteiger partial charge in [-0.2, -0.15) is 0 Å². The van der Waals surface area contributed by atoms with Gasteiger partial charge in [-0.15, -0.1) is 0 Å². The highest BCUT2D eigenvalue weighted by atomic mass is 19.1. The second-order valence-corrected chi connectivity index (χ2v) is 3.04. The summed E-state index contributed by atoms with van der Waals surface area (Å²) < 4.78 is 18.1. The quantitative estimate of drug-likeness (QED) is 0.654. The topological polar surface area (TPSA) is 9.23 Å². The lowest BCUT2D eigenvalue weighted by atomic mass is 9.96. The highest BCUT2D eigenvalue weighted by Crippen LogP contribution is 2.24. The van der Waals surface area contributed by atoms with E-state index in [4.69, 9.17) is 4.74 Å². The van der Waals surface area contributed by atoms with E-state index < -0.39 is 0 Å². The molecule has 1 aliphatic carbocycles. The fraction of sp³-hybridized carbons (Fsp3) is 0.400. The molecule has 0 heterocycles. The molecule has 0 atom stereocenters. The third-order valence-electron chi connectivity index (χ3n) is 2.08. The highest BCUT2D eigenvalue weighted by Gasteiger charge is 2.18. The largest absolute Gasteiger partial charge is 0.490 e. The number of hydrogen-bond acceptors (Lipinski definition) is 1. The van der Waals surface area contributed by atoms with Gasteiger partial charge in [-0.3, -0.25) is 0 Å². The molecule has 0 bridgehead atoms. The van der Waals surface area contributed by atoms with E-state index in [0.717, 1.165) is 12.8 Å². The number of benzene rings is 1. The van der Waals surface area contributed by atoms with Crippen LogP contribution < -0.4 is 4.74 Å². The van der Waals surface area contributed by atoms with Crippen LogP contribution in [0.15, 0.2) is 18.2 Å². The van der Waals surface area contributed by atoms with Crippen molar-refractivity contribution in [3.63, 3.8) is 0 Å². The molecule has 1 aliphatic rings. The molecule has 0 amide bonds. The van der Waals surface area contributed by atoms with Crippen molar-refractivity contribution in [3.05, 3.63) is 30.1 Å². The molecule has 0 aliphatic heterocycles. The average molecular weight is 165 g/mol. The van der Waals surface area contributed by atoms with Crippen LogP contribution in [-0.4, -0.2) is 6.10 Å². The van der Waals surface area contributed by atoms with E-state index in [9.17, 15) is 4.39 Å². The molecule has 63 valence electrons. The zero-order chi connectivity index (χ0) is 8.39. The summed E-state index contributed by atoms with van der Waals surface area (Å²) in [7, 11) is 0. The van der Waals surface area contributed by atoms with Crippen LogP contribution in [0.2, 0.25) is 0 Å². The standard InChI is InChI=1S/C10H10FO/c11-8-3-1-6-10(7-8)12-9-4-2-5-9/h1,3,7,9H,2,4-5H2. The Balaban J connectivity index is 2.02. The van der Waals surface area contributed by atoms with Gasteiger partial charge in [-0.25, -0.2) is 4.39 Å². The van der Waals surface area contributed by atoms with Gasteiger partial charge in [0.1, 0.15) is 11.6 Å². The minimum atomic E-state index is -0.261. The Labute approximate surface area is 71.2 Å². The van der Waals surface area contributed by atoms with Crippen molar-refractivity contribution in [3.8, 4) is 5.75 Å². The molecule has 1 aromatic rings. The van der Waals surface area contributed by atoms with Crippen molar-refractivity contribution in [1.29, 1.82) is 0 Å². The van der Waals surface area contributed by atoms with E-state index in [0.29, 0.717) is 11.9 Å². The SMILES string of the molecule is Fc1cc[c]c(OC2CCC2)c1. The molecule has 0 saturated heterocycles. The number of hydrogen-bond donors (Lipinski definition) is 0. The summed E-state index contributed by atoms with van der Waals surface area (Å²) in [5.74, 6) is 0.266. The number of halogens is 1. The summed E-state index contributed by atoms with van der Waals surface area (Å²) in [5.41, 5.74) is 0. The van der Waals surface area contributed by atoms with E-state index in [1.165, 1.54) is 18.6 Å². The van der Waals surface area contributed by atoms with E-state index in [1.54, 1.807) is 6.07 Å². The van der Waals surface area contributed by atoms with Gasteiger partial charge < -0.3 is 4.74 Å². The molecule has 12 heavy (non-hydrogen) atoms. The van der Waals surface area contributed by atoms with Crippen LogP contribution in [0.3, 0.4) is 0 Å². The number of ether oxygens (including phenoxy) is 1. The third kappa shape index (κ3) is 1.58. The Bertz CT molecular complexity index is 268. The van der Waals surface area contributed by atoms with E-state index in [-0.39, 0.29) is 5.82 Å². The average Bonchev–Trinajstić information content (AvgIpc) is 1.97. The minimum Gasteiger partial charge on any atom is -0.490 e. The van der Waals surface area contributed by atoms with Gasteiger partial charge in [0.25, 0.3) is 0 Å². The monoisotopic (exact) mass is 165 g/mol. The van der Waals surface area contributed by atoms with Gasteiger partial charge in [0.05, 0.1) is 6.10 Å². The molecule has 2 heteroatoms. The summed E-state index contributed by atoms with van der Waals surface area (Å²) in [4.78, 5) is 0. The summed E-state index contributed by atoms with van der Waals surface area (Å²) in [5, 5.41) is 0. The Morgan fingerprint density at radius 3 is 2.92 bits per heavy atom. The van der Waals surface area contributed by atoms with Crippen LogP contribution in [0.1, 0.15) is 19.3 Å². The Hall–Kier alpha value is -1.05. The van der Waals surface area contributed by atoms with Crippen LogP contribution in [0, 0.1) is 11.9 Å².